The fourth-order valence-electron chi connectivity index (χ4n) is 3.64. The molecule has 27 heavy (non-hydrogen) atoms. The van der Waals surface area contributed by atoms with E-state index in [4.69, 9.17) is 0 Å². The van der Waals surface area contributed by atoms with Crippen LogP contribution in [0, 0.1) is 26.7 Å². The molecule has 1 aliphatic rings. The number of carbonyl (C=O) groups is 1. The van der Waals surface area contributed by atoms with E-state index >= 15 is 0 Å². The lowest BCUT2D eigenvalue weighted by Gasteiger charge is -2.32. The molecule has 140 valence electrons. The number of carbonyl (C=O) groups excluding carboxylic acids is 1. The summed E-state index contributed by atoms with van der Waals surface area (Å²) in [5.74, 6) is 1.18. The Balaban J connectivity index is 1.45. The Morgan fingerprint density at radius 2 is 1.81 bits per heavy atom. The minimum Gasteiger partial charge on any atom is -0.356 e. The number of amides is 1. The fraction of sp³-hybridized carbons (Fsp3) is 0.381. The van der Waals surface area contributed by atoms with Gasteiger partial charge in [0.25, 0.3) is 0 Å². The van der Waals surface area contributed by atoms with E-state index in [-0.39, 0.29) is 11.8 Å². The van der Waals surface area contributed by atoms with Gasteiger partial charge in [0.05, 0.1) is 5.39 Å². The number of rotatable bonds is 3. The molecule has 0 aliphatic carbocycles. The van der Waals surface area contributed by atoms with Crippen molar-refractivity contribution in [1.82, 2.24) is 9.97 Å². The molecule has 5 nitrogen and oxygen atoms in total. The fourth-order valence-corrected chi connectivity index (χ4v) is 4.63. The van der Waals surface area contributed by atoms with E-state index in [1.807, 2.05) is 31.2 Å². The van der Waals surface area contributed by atoms with Crippen molar-refractivity contribution >= 4 is 39.0 Å². The Bertz CT molecular complexity index is 972. The van der Waals surface area contributed by atoms with Crippen LogP contribution in [0.2, 0.25) is 0 Å². The van der Waals surface area contributed by atoms with E-state index in [1.54, 1.807) is 17.7 Å². The van der Waals surface area contributed by atoms with E-state index in [9.17, 15) is 4.79 Å². The SMILES string of the molecule is Cc1ccc(NC(=O)C2CCN(c3ncnc4sc(C)c(C)c34)CC2)cc1. The second kappa shape index (κ2) is 7.27. The molecule has 1 amide bonds. The van der Waals surface area contributed by atoms with Gasteiger partial charge in [0, 0.05) is 29.6 Å². The van der Waals surface area contributed by atoms with Gasteiger partial charge in [0.15, 0.2) is 0 Å². The molecule has 2 aromatic heterocycles. The third kappa shape index (κ3) is 3.54. The van der Waals surface area contributed by atoms with Gasteiger partial charge in [0.1, 0.15) is 17.0 Å². The average molecular weight is 381 g/mol. The molecule has 0 radical (unpaired) electrons. The van der Waals surface area contributed by atoms with Gasteiger partial charge in [-0.05, 0) is 51.3 Å². The Kier molecular flexibility index (Phi) is 4.83. The zero-order chi connectivity index (χ0) is 19.0. The predicted octanol–water partition coefficient (Wildman–Crippen LogP) is 4.47. The number of aromatic nitrogens is 2. The second-order valence-corrected chi connectivity index (χ2v) is 8.48. The van der Waals surface area contributed by atoms with Crippen molar-refractivity contribution in [2.24, 2.45) is 5.92 Å². The normalized spacial score (nSPS) is 15.3. The van der Waals surface area contributed by atoms with Crippen LogP contribution in [0.25, 0.3) is 10.2 Å². The molecular formula is C21H24N4OS. The highest BCUT2D eigenvalue weighted by Gasteiger charge is 2.27. The lowest BCUT2D eigenvalue weighted by atomic mass is 9.95. The molecule has 3 aromatic rings. The first kappa shape index (κ1) is 17.9. The van der Waals surface area contributed by atoms with Gasteiger partial charge in [-0.25, -0.2) is 9.97 Å². The first-order chi connectivity index (χ1) is 13.0. The van der Waals surface area contributed by atoms with Crippen molar-refractivity contribution in [3.63, 3.8) is 0 Å². The summed E-state index contributed by atoms with van der Waals surface area (Å²) in [4.78, 5) is 26.3. The molecule has 1 saturated heterocycles. The van der Waals surface area contributed by atoms with Crippen LogP contribution < -0.4 is 10.2 Å². The molecule has 0 spiro atoms. The van der Waals surface area contributed by atoms with Gasteiger partial charge < -0.3 is 10.2 Å². The molecule has 1 aliphatic heterocycles. The Morgan fingerprint density at radius 1 is 1.11 bits per heavy atom. The van der Waals surface area contributed by atoms with Crippen LogP contribution >= 0.6 is 11.3 Å². The highest BCUT2D eigenvalue weighted by molar-refractivity contribution is 7.18. The highest BCUT2D eigenvalue weighted by Crippen LogP contribution is 2.35. The predicted molar refractivity (Wildman–Crippen MR) is 112 cm³/mol. The summed E-state index contributed by atoms with van der Waals surface area (Å²) in [6.07, 6.45) is 3.33. The monoisotopic (exact) mass is 380 g/mol. The number of hydrogen-bond acceptors (Lipinski definition) is 5. The van der Waals surface area contributed by atoms with Crippen molar-refractivity contribution in [1.29, 1.82) is 0 Å². The van der Waals surface area contributed by atoms with Crippen LogP contribution in [0.5, 0.6) is 0 Å². The minimum atomic E-state index is 0.0465. The Morgan fingerprint density at radius 3 is 2.52 bits per heavy atom. The number of piperidine rings is 1. The maximum Gasteiger partial charge on any atom is 0.227 e. The number of anilines is 2. The Labute approximate surface area is 163 Å². The maximum absolute atomic E-state index is 12.6. The molecule has 0 atom stereocenters. The van der Waals surface area contributed by atoms with Crippen LogP contribution in [0.4, 0.5) is 11.5 Å². The molecule has 3 heterocycles. The summed E-state index contributed by atoms with van der Waals surface area (Å²) in [6.45, 7) is 8.00. The van der Waals surface area contributed by atoms with Crippen molar-refractivity contribution in [3.8, 4) is 0 Å². The number of thiophene rings is 1. The van der Waals surface area contributed by atoms with Crippen LogP contribution in [0.1, 0.15) is 28.8 Å². The topological polar surface area (TPSA) is 58.1 Å². The lowest BCUT2D eigenvalue weighted by molar-refractivity contribution is -0.120. The van der Waals surface area contributed by atoms with Crippen LogP contribution in [-0.4, -0.2) is 29.0 Å². The second-order valence-electron chi connectivity index (χ2n) is 7.28. The first-order valence-electron chi connectivity index (χ1n) is 9.36. The van der Waals surface area contributed by atoms with Gasteiger partial charge in [-0.1, -0.05) is 17.7 Å². The summed E-state index contributed by atoms with van der Waals surface area (Å²) in [5.41, 5.74) is 3.33. The summed E-state index contributed by atoms with van der Waals surface area (Å²) < 4.78 is 0. The number of benzene rings is 1. The van der Waals surface area contributed by atoms with E-state index < -0.39 is 0 Å². The number of nitrogens with one attached hydrogen (secondary N) is 1. The quantitative estimate of drug-likeness (QED) is 0.728. The van der Waals surface area contributed by atoms with Gasteiger partial charge in [-0.15, -0.1) is 11.3 Å². The van der Waals surface area contributed by atoms with E-state index in [1.165, 1.54) is 21.4 Å². The molecule has 0 unspecified atom stereocenters. The van der Waals surface area contributed by atoms with Gasteiger partial charge in [-0.2, -0.15) is 0 Å². The number of hydrogen-bond donors (Lipinski definition) is 1. The molecule has 6 heteroatoms. The van der Waals surface area contributed by atoms with E-state index in [0.29, 0.717) is 0 Å². The highest BCUT2D eigenvalue weighted by atomic mass is 32.1. The van der Waals surface area contributed by atoms with Crippen molar-refractivity contribution in [2.75, 3.05) is 23.3 Å². The molecule has 1 N–H and O–H groups in total. The third-order valence-electron chi connectivity index (χ3n) is 5.43. The largest absolute Gasteiger partial charge is 0.356 e. The molecule has 1 fully saturated rings. The van der Waals surface area contributed by atoms with E-state index in [0.717, 1.165) is 42.3 Å². The summed E-state index contributed by atoms with van der Waals surface area (Å²) in [7, 11) is 0. The Hall–Kier alpha value is -2.47. The molecule has 4 rings (SSSR count). The average Bonchev–Trinajstić information content (AvgIpc) is 2.98. The molecular weight excluding hydrogens is 356 g/mol. The molecule has 0 saturated carbocycles. The van der Waals surface area contributed by atoms with Crippen LogP contribution in [-0.2, 0) is 4.79 Å². The first-order valence-corrected chi connectivity index (χ1v) is 10.2. The lowest BCUT2D eigenvalue weighted by Crippen LogP contribution is -2.38. The third-order valence-corrected chi connectivity index (χ3v) is 6.54. The van der Waals surface area contributed by atoms with E-state index in [2.05, 4.69) is 34.0 Å². The van der Waals surface area contributed by atoms with Gasteiger partial charge in [0.2, 0.25) is 5.91 Å². The van der Waals surface area contributed by atoms with Crippen LogP contribution in [0.15, 0.2) is 30.6 Å². The summed E-state index contributed by atoms with van der Waals surface area (Å²) >= 11 is 1.72. The molecule has 1 aromatic carbocycles. The summed E-state index contributed by atoms with van der Waals surface area (Å²) in [6, 6.07) is 7.96. The zero-order valence-electron chi connectivity index (χ0n) is 16.0. The van der Waals surface area contributed by atoms with Gasteiger partial charge in [-0.3, -0.25) is 4.79 Å². The number of nitrogens with zero attached hydrogens (tertiary/aromatic N) is 3. The number of fused-ring (bicyclic) bond motifs is 1. The van der Waals surface area contributed by atoms with Crippen molar-refractivity contribution in [3.05, 3.63) is 46.6 Å². The zero-order valence-corrected chi connectivity index (χ0v) is 16.8. The molecule has 0 bridgehead atoms. The number of aryl methyl sites for hydroxylation is 3. The standard InChI is InChI=1S/C21H24N4OS/c1-13-4-6-17(7-5-13)24-20(26)16-8-10-25(11-9-16)19-18-14(2)15(3)27-21(18)23-12-22-19/h4-7,12,16H,8-11H2,1-3H3,(H,24,26). The minimum absolute atomic E-state index is 0.0465. The van der Waals surface area contributed by atoms with Gasteiger partial charge >= 0.3 is 0 Å². The van der Waals surface area contributed by atoms with Crippen molar-refractivity contribution in [2.45, 2.75) is 33.6 Å². The summed E-state index contributed by atoms with van der Waals surface area (Å²) in [5, 5.41) is 4.22. The maximum atomic E-state index is 12.6. The van der Waals surface area contributed by atoms with Crippen molar-refractivity contribution < 1.29 is 4.79 Å². The van der Waals surface area contributed by atoms with Crippen LogP contribution in [0.3, 0.4) is 0 Å². The smallest absolute Gasteiger partial charge is 0.227 e.